The topological polar surface area (TPSA) is 93.6 Å². The van der Waals surface area contributed by atoms with Gasteiger partial charge in [0.15, 0.2) is 4.96 Å². The molecule has 4 atom stereocenters. The van der Waals surface area contributed by atoms with Gasteiger partial charge in [0, 0.05) is 30.1 Å². The third kappa shape index (κ3) is 4.16. The number of thiazole rings is 2. The fourth-order valence-electron chi connectivity index (χ4n) is 6.62. The highest BCUT2D eigenvalue weighted by molar-refractivity contribution is 7.17. The van der Waals surface area contributed by atoms with Crippen molar-refractivity contribution >= 4 is 39.4 Å². The Balaban J connectivity index is 1.35. The summed E-state index contributed by atoms with van der Waals surface area (Å²) in [5, 5.41) is 0.903. The molecule has 2 aliphatic rings. The first-order chi connectivity index (χ1) is 18.1. The van der Waals surface area contributed by atoms with E-state index < -0.39 is 5.91 Å². The molecule has 2 amide bonds. The number of hydrogen-bond acceptors (Lipinski definition) is 6. The predicted molar refractivity (Wildman–Crippen MR) is 152 cm³/mol. The lowest BCUT2D eigenvalue weighted by Gasteiger charge is -2.28. The zero-order chi connectivity index (χ0) is 26.9. The van der Waals surface area contributed by atoms with Crippen molar-refractivity contribution in [2.75, 3.05) is 6.54 Å². The van der Waals surface area contributed by atoms with Crippen LogP contribution in [-0.2, 0) is 6.42 Å². The Morgan fingerprint density at radius 1 is 1.08 bits per heavy atom. The van der Waals surface area contributed by atoms with Gasteiger partial charge in [-0.25, -0.2) is 9.97 Å². The molecule has 4 heterocycles. The molecule has 3 aromatic heterocycles. The largest absolute Gasteiger partial charge is 0.364 e. The molecule has 0 spiro atoms. The molecule has 1 aliphatic carbocycles. The molecule has 1 saturated heterocycles. The zero-order valence-corrected chi connectivity index (χ0v) is 24.1. The van der Waals surface area contributed by atoms with Crippen LogP contribution in [0.25, 0.3) is 15.4 Å². The number of amides is 2. The Hall–Kier alpha value is -3.04. The van der Waals surface area contributed by atoms with Gasteiger partial charge in [-0.2, -0.15) is 0 Å². The van der Waals surface area contributed by atoms with E-state index in [-0.39, 0.29) is 11.9 Å². The standard InChI is InChI=1S/C29H33N5O2S2/c1-14-8-20-12-33(28(36)24-26(37-18(5)32-24)19-7-6-15(2)16(3)10-19)23(22(20)9-14)11-21-13-34-25(27(30)35)17(4)31-29(34)38-21/h6-7,10,13-14,20,22-23H,8-9,11-12H2,1-5H3,(H2,30,35)/t14?,20-,22-,23-/m0/s1. The van der Waals surface area contributed by atoms with Crippen LogP contribution in [0.1, 0.15) is 67.4 Å². The maximum atomic E-state index is 14.2. The Morgan fingerprint density at radius 3 is 2.61 bits per heavy atom. The number of carbonyl (C=O) groups is 2. The van der Waals surface area contributed by atoms with E-state index in [1.54, 1.807) is 22.7 Å². The van der Waals surface area contributed by atoms with E-state index in [0.29, 0.717) is 34.8 Å². The molecular weight excluding hydrogens is 514 g/mol. The SMILES string of the molecule is Cc1nc(C(=O)N2C[C@@H]3CC(C)C[C@@H]3[C@@H]2Cc2cn3c(C(N)=O)c(C)nc3s2)c(-c2ccc(C)c(C)c2)s1. The first kappa shape index (κ1) is 25.2. The van der Waals surface area contributed by atoms with Crippen LogP contribution < -0.4 is 5.73 Å². The monoisotopic (exact) mass is 547 g/mol. The van der Waals surface area contributed by atoms with Gasteiger partial charge in [-0.15, -0.1) is 22.7 Å². The van der Waals surface area contributed by atoms with Crippen molar-refractivity contribution in [3.63, 3.8) is 0 Å². The van der Waals surface area contributed by atoms with E-state index in [1.165, 1.54) is 11.1 Å². The number of fused-ring (bicyclic) bond motifs is 2. The summed E-state index contributed by atoms with van der Waals surface area (Å²) in [7, 11) is 0. The van der Waals surface area contributed by atoms with Gasteiger partial charge in [0.2, 0.25) is 0 Å². The smallest absolute Gasteiger partial charge is 0.274 e. The molecule has 6 rings (SSSR count). The van der Waals surface area contributed by atoms with Gasteiger partial charge < -0.3 is 10.6 Å². The third-order valence-corrected chi connectivity index (χ3v) is 10.5. The lowest BCUT2D eigenvalue weighted by Crippen LogP contribution is -2.40. The summed E-state index contributed by atoms with van der Waals surface area (Å²) >= 11 is 3.17. The maximum Gasteiger partial charge on any atom is 0.274 e. The van der Waals surface area contributed by atoms with Gasteiger partial charge in [-0.1, -0.05) is 25.1 Å². The molecule has 7 nitrogen and oxygen atoms in total. The Morgan fingerprint density at radius 2 is 1.87 bits per heavy atom. The number of hydrogen-bond donors (Lipinski definition) is 1. The molecule has 1 unspecified atom stereocenters. The van der Waals surface area contributed by atoms with Crippen molar-refractivity contribution in [1.29, 1.82) is 0 Å². The molecule has 198 valence electrons. The number of primary amides is 1. The van der Waals surface area contributed by atoms with Gasteiger partial charge in [0.1, 0.15) is 11.4 Å². The summed E-state index contributed by atoms with van der Waals surface area (Å²) < 4.78 is 1.81. The summed E-state index contributed by atoms with van der Waals surface area (Å²) in [6.45, 7) is 11.1. The lowest BCUT2D eigenvalue weighted by molar-refractivity contribution is 0.0704. The number of benzene rings is 1. The number of aromatic nitrogens is 3. The van der Waals surface area contributed by atoms with Gasteiger partial charge in [-0.05, 0) is 75.0 Å². The van der Waals surface area contributed by atoms with Crippen molar-refractivity contribution in [3.05, 3.63) is 62.5 Å². The average Bonchev–Trinajstić information content (AvgIpc) is 3.63. The number of rotatable bonds is 5. The first-order valence-electron chi connectivity index (χ1n) is 13.2. The van der Waals surface area contributed by atoms with Crippen molar-refractivity contribution in [2.45, 2.75) is 59.9 Å². The second-order valence-electron chi connectivity index (χ2n) is 11.2. The van der Waals surface area contributed by atoms with Gasteiger partial charge in [0.05, 0.1) is 15.6 Å². The minimum Gasteiger partial charge on any atom is -0.364 e. The van der Waals surface area contributed by atoms with Gasteiger partial charge in [0.25, 0.3) is 11.8 Å². The summed E-state index contributed by atoms with van der Waals surface area (Å²) in [6, 6.07) is 6.47. The molecule has 0 radical (unpaired) electrons. The number of nitrogens with two attached hydrogens (primary N) is 1. The highest BCUT2D eigenvalue weighted by Crippen LogP contribution is 2.47. The number of imidazole rings is 1. The molecule has 0 bridgehead atoms. The van der Waals surface area contributed by atoms with Crippen LogP contribution in [0.4, 0.5) is 0 Å². The molecule has 9 heteroatoms. The maximum absolute atomic E-state index is 14.2. The molecule has 1 saturated carbocycles. The fraction of sp³-hybridized carbons (Fsp3) is 0.448. The molecule has 2 N–H and O–H groups in total. The summed E-state index contributed by atoms with van der Waals surface area (Å²) in [4.78, 5) is 40.5. The fourth-order valence-corrected chi connectivity index (χ4v) is 8.60. The predicted octanol–water partition coefficient (Wildman–Crippen LogP) is 5.58. The third-order valence-electron chi connectivity index (χ3n) is 8.47. The van der Waals surface area contributed by atoms with Gasteiger partial charge >= 0.3 is 0 Å². The lowest BCUT2D eigenvalue weighted by atomic mass is 9.91. The highest BCUT2D eigenvalue weighted by atomic mass is 32.1. The molecule has 1 aliphatic heterocycles. The minimum absolute atomic E-state index is 0.0321. The van der Waals surface area contributed by atoms with E-state index in [9.17, 15) is 9.59 Å². The van der Waals surface area contributed by atoms with E-state index in [0.717, 1.165) is 51.1 Å². The van der Waals surface area contributed by atoms with Crippen LogP contribution in [0.15, 0.2) is 24.4 Å². The van der Waals surface area contributed by atoms with Crippen LogP contribution >= 0.6 is 22.7 Å². The van der Waals surface area contributed by atoms with Gasteiger partial charge in [-0.3, -0.25) is 14.0 Å². The Labute approximate surface area is 230 Å². The van der Waals surface area contributed by atoms with Crippen molar-refractivity contribution < 1.29 is 9.59 Å². The first-order valence-corrected chi connectivity index (χ1v) is 14.9. The second-order valence-corrected chi connectivity index (χ2v) is 13.5. The number of carbonyl (C=O) groups excluding carboxylic acids is 2. The van der Waals surface area contributed by atoms with E-state index in [2.05, 4.69) is 48.9 Å². The van der Waals surface area contributed by atoms with Crippen LogP contribution in [0.2, 0.25) is 0 Å². The Kier molecular flexibility index (Phi) is 6.18. The molecule has 2 fully saturated rings. The van der Waals surface area contributed by atoms with Crippen LogP contribution in [-0.4, -0.2) is 43.7 Å². The van der Waals surface area contributed by atoms with E-state index in [4.69, 9.17) is 10.7 Å². The van der Waals surface area contributed by atoms with Crippen LogP contribution in [0, 0.1) is 45.4 Å². The molecule has 1 aromatic carbocycles. The van der Waals surface area contributed by atoms with Crippen molar-refractivity contribution in [2.24, 2.45) is 23.5 Å². The van der Waals surface area contributed by atoms with E-state index in [1.807, 2.05) is 24.4 Å². The molecular formula is C29H33N5O2S2. The average molecular weight is 548 g/mol. The number of likely N-dealkylation sites (tertiary alicyclic amines) is 1. The molecule has 4 aromatic rings. The normalized spacial score (nSPS) is 22.9. The molecule has 38 heavy (non-hydrogen) atoms. The van der Waals surface area contributed by atoms with E-state index >= 15 is 0 Å². The zero-order valence-electron chi connectivity index (χ0n) is 22.4. The number of nitrogens with zero attached hydrogens (tertiary/aromatic N) is 4. The number of aryl methyl sites for hydroxylation is 4. The Bertz CT molecular complexity index is 1580. The highest BCUT2D eigenvalue weighted by Gasteiger charge is 2.48. The quantitative estimate of drug-likeness (QED) is 0.353. The van der Waals surface area contributed by atoms with Crippen molar-refractivity contribution in [3.8, 4) is 10.4 Å². The summed E-state index contributed by atoms with van der Waals surface area (Å²) in [5.74, 6) is 1.20. The van der Waals surface area contributed by atoms with Crippen LogP contribution in [0.5, 0.6) is 0 Å². The van der Waals surface area contributed by atoms with Crippen molar-refractivity contribution in [1.82, 2.24) is 19.3 Å². The summed E-state index contributed by atoms with van der Waals surface area (Å²) in [5.41, 5.74) is 10.8. The van der Waals surface area contributed by atoms with Crippen LogP contribution in [0.3, 0.4) is 0 Å². The summed E-state index contributed by atoms with van der Waals surface area (Å²) in [6.07, 6.45) is 5.02. The minimum atomic E-state index is -0.473. The second kappa shape index (κ2) is 9.31.